The van der Waals surface area contributed by atoms with Crippen molar-refractivity contribution < 1.29 is 0 Å². The molecule has 1 aliphatic heterocycles. The average Bonchev–Trinajstić information content (AvgIpc) is 1.91. The maximum atomic E-state index is 4.60. The first kappa shape index (κ1) is 9.52. The molecule has 0 saturated carbocycles. The van der Waals surface area contributed by atoms with E-state index in [1.807, 2.05) is 0 Å². The van der Waals surface area contributed by atoms with Gasteiger partial charge < -0.3 is 5.32 Å². The third-order valence-corrected chi connectivity index (χ3v) is 1.54. The van der Waals surface area contributed by atoms with E-state index < -0.39 is 0 Å². The van der Waals surface area contributed by atoms with E-state index in [4.69, 9.17) is 0 Å². The van der Waals surface area contributed by atoms with E-state index in [2.05, 4.69) is 24.6 Å². The molecule has 1 saturated heterocycles. The van der Waals surface area contributed by atoms with Crippen LogP contribution in [0.1, 0.15) is 26.7 Å². The van der Waals surface area contributed by atoms with Gasteiger partial charge in [0.05, 0.1) is 0 Å². The molecule has 0 unspecified atom stereocenters. The smallest absolute Gasteiger partial charge is 0.00231 e. The first-order chi connectivity index (χ1) is 4.81. The van der Waals surface area contributed by atoms with Crippen LogP contribution in [-0.4, -0.2) is 13.1 Å². The lowest BCUT2D eigenvalue weighted by atomic mass is 10.0. The highest BCUT2D eigenvalue weighted by Crippen LogP contribution is 2.06. The number of piperidine rings is 1. The Bertz CT molecular complexity index is 95.8. The minimum absolute atomic E-state index is 0.925. The number of nitrogens with one attached hydrogen (secondary N) is 1. The zero-order valence-electron chi connectivity index (χ0n) is 6.98. The van der Waals surface area contributed by atoms with E-state index >= 15 is 0 Å². The molecule has 58 valence electrons. The van der Waals surface area contributed by atoms with Crippen LogP contribution in [0.2, 0.25) is 0 Å². The van der Waals surface area contributed by atoms with Crippen LogP contribution in [0.4, 0.5) is 0 Å². The van der Waals surface area contributed by atoms with Crippen molar-refractivity contribution >= 4 is 0 Å². The molecule has 1 rings (SSSR count). The fourth-order valence-electron chi connectivity index (χ4n) is 1.03. The van der Waals surface area contributed by atoms with Crippen LogP contribution in [0, 0.1) is 18.3 Å². The highest BCUT2D eigenvalue weighted by molar-refractivity contribution is 4.73. The van der Waals surface area contributed by atoms with Crippen LogP contribution in [0.25, 0.3) is 0 Å². The van der Waals surface area contributed by atoms with Crippen LogP contribution >= 0.6 is 0 Å². The summed E-state index contributed by atoms with van der Waals surface area (Å²) < 4.78 is 0. The van der Waals surface area contributed by atoms with E-state index in [1.165, 1.54) is 25.9 Å². The van der Waals surface area contributed by atoms with Crippen LogP contribution in [-0.2, 0) is 0 Å². The van der Waals surface area contributed by atoms with Gasteiger partial charge in [-0.15, -0.1) is 12.3 Å². The third-order valence-electron chi connectivity index (χ3n) is 1.54. The molecule has 0 radical (unpaired) electrons. The third kappa shape index (κ3) is 5.65. The summed E-state index contributed by atoms with van der Waals surface area (Å²) >= 11 is 0. The molecule has 1 heterocycles. The lowest BCUT2D eigenvalue weighted by Gasteiger charge is -2.17. The summed E-state index contributed by atoms with van der Waals surface area (Å²) in [7, 11) is 0. The normalized spacial score (nSPS) is 23.9. The molecule has 1 fully saturated rings. The molecule has 0 aromatic carbocycles. The van der Waals surface area contributed by atoms with E-state index in [0.29, 0.717) is 0 Å². The molecular weight excluding hydrogens is 122 g/mol. The minimum atomic E-state index is 0.925. The SMILES string of the molecule is C#CC.C[C@@H]1CCCNC1. The Kier molecular flexibility index (Phi) is 6.32. The van der Waals surface area contributed by atoms with Gasteiger partial charge in [-0.1, -0.05) is 6.92 Å². The molecule has 0 aliphatic carbocycles. The quantitative estimate of drug-likeness (QED) is 0.503. The van der Waals surface area contributed by atoms with Gasteiger partial charge in [-0.05, 0) is 38.8 Å². The van der Waals surface area contributed by atoms with Crippen molar-refractivity contribution in [1.82, 2.24) is 5.32 Å². The second-order valence-corrected chi connectivity index (χ2v) is 2.74. The van der Waals surface area contributed by atoms with Gasteiger partial charge in [-0.25, -0.2) is 0 Å². The topological polar surface area (TPSA) is 12.0 Å². The molecular formula is C9H17N. The Morgan fingerprint density at radius 3 is 2.40 bits per heavy atom. The van der Waals surface area contributed by atoms with Gasteiger partial charge in [0.1, 0.15) is 0 Å². The van der Waals surface area contributed by atoms with Crippen LogP contribution < -0.4 is 5.32 Å². The summed E-state index contributed by atoms with van der Waals surface area (Å²) in [5, 5.41) is 3.33. The number of terminal acetylenes is 1. The molecule has 0 spiro atoms. The maximum absolute atomic E-state index is 4.60. The zero-order chi connectivity index (χ0) is 7.82. The van der Waals surface area contributed by atoms with Crippen molar-refractivity contribution in [3.63, 3.8) is 0 Å². The Morgan fingerprint density at radius 2 is 2.20 bits per heavy atom. The summed E-state index contributed by atoms with van der Waals surface area (Å²) in [5.41, 5.74) is 0. The lowest BCUT2D eigenvalue weighted by Crippen LogP contribution is -2.27. The summed E-state index contributed by atoms with van der Waals surface area (Å²) in [4.78, 5) is 0. The standard InChI is InChI=1S/C6H13N.C3H4/c1-6-3-2-4-7-5-6;1-3-2/h6-7H,2-5H2,1H3;1H,2H3/t6-;/m1./s1. The number of hydrogen-bond donors (Lipinski definition) is 1. The zero-order valence-corrected chi connectivity index (χ0v) is 6.98. The van der Waals surface area contributed by atoms with Gasteiger partial charge in [0.15, 0.2) is 0 Å². The molecule has 1 aliphatic rings. The van der Waals surface area contributed by atoms with Gasteiger partial charge in [-0.2, -0.15) is 0 Å². The fourth-order valence-corrected chi connectivity index (χ4v) is 1.03. The van der Waals surface area contributed by atoms with Crippen molar-refractivity contribution in [2.45, 2.75) is 26.7 Å². The Balaban J connectivity index is 0.000000236. The summed E-state index contributed by atoms with van der Waals surface area (Å²) in [6, 6.07) is 0. The summed E-state index contributed by atoms with van der Waals surface area (Å²) in [6.45, 7) is 6.43. The Labute approximate surface area is 64.2 Å². The first-order valence-electron chi connectivity index (χ1n) is 3.89. The molecule has 1 atom stereocenters. The van der Waals surface area contributed by atoms with Crippen molar-refractivity contribution in [3.05, 3.63) is 0 Å². The maximum Gasteiger partial charge on any atom is -0.00231 e. The van der Waals surface area contributed by atoms with E-state index in [1.54, 1.807) is 6.92 Å². The summed E-state index contributed by atoms with van der Waals surface area (Å²) in [5.74, 6) is 3.17. The molecule has 1 heteroatoms. The molecule has 10 heavy (non-hydrogen) atoms. The molecule has 1 nitrogen and oxygen atoms in total. The van der Waals surface area contributed by atoms with E-state index in [0.717, 1.165) is 5.92 Å². The predicted octanol–water partition coefficient (Wildman–Crippen LogP) is 1.65. The van der Waals surface area contributed by atoms with Gasteiger partial charge in [0, 0.05) is 0 Å². The van der Waals surface area contributed by atoms with Crippen LogP contribution in [0.3, 0.4) is 0 Å². The Morgan fingerprint density at radius 1 is 1.60 bits per heavy atom. The van der Waals surface area contributed by atoms with Crippen molar-refractivity contribution in [1.29, 1.82) is 0 Å². The molecule has 0 aromatic heterocycles. The van der Waals surface area contributed by atoms with Crippen molar-refractivity contribution in [2.75, 3.05) is 13.1 Å². The van der Waals surface area contributed by atoms with Gasteiger partial charge in [0.2, 0.25) is 0 Å². The number of rotatable bonds is 0. The van der Waals surface area contributed by atoms with Crippen molar-refractivity contribution in [3.8, 4) is 12.3 Å². The highest BCUT2D eigenvalue weighted by atomic mass is 14.9. The fraction of sp³-hybridized carbons (Fsp3) is 0.778. The van der Waals surface area contributed by atoms with E-state index in [-0.39, 0.29) is 0 Å². The number of hydrogen-bond acceptors (Lipinski definition) is 1. The molecule has 0 bridgehead atoms. The second-order valence-electron chi connectivity index (χ2n) is 2.74. The predicted molar refractivity (Wildman–Crippen MR) is 45.8 cm³/mol. The largest absolute Gasteiger partial charge is 0.316 e. The molecule has 0 aromatic rings. The first-order valence-corrected chi connectivity index (χ1v) is 3.89. The Hall–Kier alpha value is -0.480. The van der Waals surface area contributed by atoms with Crippen LogP contribution in [0.5, 0.6) is 0 Å². The highest BCUT2D eigenvalue weighted by Gasteiger charge is 2.04. The van der Waals surface area contributed by atoms with Gasteiger partial charge in [0.25, 0.3) is 0 Å². The van der Waals surface area contributed by atoms with Crippen LogP contribution in [0.15, 0.2) is 0 Å². The van der Waals surface area contributed by atoms with E-state index in [9.17, 15) is 0 Å². The van der Waals surface area contributed by atoms with Crippen molar-refractivity contribution in [2.24, 2.45) is 5.92 Å². The minimum Gasteiger partial charge on any atom is -0.316 e. The van der Waals surface area contributed by atoms with Gasteiger partial charge in [-0.3, -0.25) is 0 Å². The van der Waals surface area contributed by atoms with Gasteiger partial charge >= 0.3 is 0 Å². The average molecular weight is 139 g/mol. The lowest BCUT2D eigenvalue weighted by molar-refractivity contribution is 0.405. The monoisotopic (exact) mass is 139 g/mol. The second kappa shape index (κ2) is 6.64. The summed E-state index contributed by atoms with van der Waals surface area (Å²) in [6.07, 6.45) is 7.40. The molecule has 0 amide bonds. The molecule has 1 N–H and O–H groups in total.